The highest BCUT2D eigenvalue weighted by molar-refractivity contribution is 5.37. The van der Waals surface area contributed by atoms with Gasteiger partial charge >= 0.3 is 0 Å². The average Bonchev–Trinajstić information content (AvgIpc) is 3.28. The molecule has 2 atom stereocenters. The van der Waals surface area contributed by atoms with Crippen LogP contribution < -0.4 is 10.5 Å². The quantitative estimate of drug-likeness (QED) is 0.853. The van der Waals surface area contributed by atoms with Crippen molar-refractivity contribution in [2.45, 2.75) is 50.7 Å². The lowest BCUT2D eigenvalue weighted by molar-refractivity contribution is 0.0881. The molecule has 0 bridgehead atoms. The number of hydrogen-bond donors (Lipinski definition) is 2. The Morgan fingerprint density at radius 3 is 2.63 bits per heavy atom. The number of benzene rings is 1. The summed E-state index contributed by atoms with van der Waals surface area (Å²) in [6.07, 6.45) is 6.96. The Morgan fingerprint density at radius 2 is 1.95 bits per heavy atom. The third-order valence-electron chi connectivity index (χ3n) is 4.38. The van der Waals surface area contributed by atoms with Gasteiger partial charge in [-0.1, -0.05) is 6.07 Å². The summed E-state index contributed by atoms with van der Waals surface area (Å²) in [5, 5.41) is 9.47. The largest absolute Gasteiger partial charge is 0.486 e. The van der Waals surface area contributed by atoms with Gasteiger partial charge in [-0.05, 0) is 67.7 Å². The van der Waals surface area contributed by atoms with Gasteiger partial charge in [0.2, 0.25) is 0 Å². The summed E-state index contributed by atoms with van der Waals surface area (Å²) in [4.78, 5) is 0. The second-order valence-corrected chi connectivity index (χ2v) is 5.89. The van der Waals surface area contributed by atoms with Crippen molar-refractivity contribution in [1.29, 1.82) is 0 Å². The van der Waals surface area contributed by atoms with Crippen LogP contribution in [0.1, 0.15) is 36.8 Å². The summed E-state index contributed by atoms with van der Waals surface area (Å²) in [6, 6.07) is 6.28. The minimum Gasteiger partial charge on any atom is -0.486 e. The molecule has 0 aliphatic heterocycles. The van der Waals surface area contributed by atoms with Gasteiger partial charge in [0.05, 0.1) is 6.61 Å². The zero-order valence-electron chi connectivity index (χ0n) is 11.3. The molecule has 3 heteroatoms. The Bertz CT molecular complexity index is 442. The van der Waals surface area contributed by atoms with Crippen LogP contribution >= 0.6 is 0 Å². The first-order chi connectivity index (χ1) is 9.28. The Kier molecular flexibility index (Phi) is 3.76. The van der Waals surface area contributed by atoms with E-state index in [2.05, 4.69) is 12.1 Å². The summed E-state index contributed by atoms with van der Waals surface area (Å²) >= 11 is 0. The van der Waals surface area contributed by atoms with Gasteiger partial charge in [0.1, 0.15) is 11.9 Å². The monoisotopic (exact) mass is 261 g/mol. The molecule has 1 saturated carbocycles. The number of hydrogen-bond acceptors (Lipinski definition) is 3. The maximum atomic E-state index is 9.47. The minimum atomic E-state index is -0.269. The van der Waals surface area contributed by atoms with Gasteiger partial charge in [0.15, 0.2) is 0 Å². The van der Waals surface area contributed by atoms with Gasteiger partial charge in [0, 0.05) is 6.04 Å². The van der Waals surface area contributed by atoms with Crippen molar-refractivity contribution in [3.63, 3.8) is 0 Å². The van der Waals surface area contributed by atoms with Gasteiger partial charge in [-0.3, -0.25) is 0 Å². The molecule has 0 aromatic heterocycles. The van der Waals surface area contributed by atoms with Crippen LogP contribution in [0.4, 0.5) is 0 Å². The lowest BCUT2D eigenvalue weighted by atomic mass is 9.92. The molecule has 19 heavy (non-hydrogen) atoms. The van der Waals surface area contributed by atoms with Gasteiger partial charge in [-0.15, -0.1) is 0 Å². The minimum absolute atomic E-state index is 0.00521. The van der Waals surface area contributed by atoms with Crippen molar-refractivity contribution in [3.05, 3.63) is 29.3 Å². The summed E-state index contributed by atoms with van der Waals surface area (Å²) in [6.45, 7) is -0.00521. The topological polar surface area (TPSA) is 55.5 Å². The summed E-state index contributed by atoms with van der Waals surface area (Å²) in [5.74, 6) is 1.39. The molecule has 0 spiro atoms. The molecule has 0 amide bonds. The predicted molar refractivity (Wildman–Crippen MR) is 75.3 cm³/mol. The van der Waals surface area contributed by atoms with E-state index >= 15 is 0 Å². The van der Waals surface area contributed by atoms with E-state index < -0.39 is 0 Å². The first-order valence-electron chi connectivity index (χ1n) is 7.43. The van der Waals surface area contributed by atoms with Crippen LogP contribution in [-0.2, 0) is 12.8 Å². The molecule has 1 aromatic rings. The van der Waals surface area contributed by atoms with Crippen molar-refractivity contribution < 1.29 is 9.84 Å². The molecule has 2 aliphatic rings. The second-order valence-electron chi connectivity index (χ2n) is 5.89. The van der Waals surface area contributed by atoms with E-state index in [0.717, 1.165) is 12.2 Å². The van der Waals surface area contributed by atoms with Gasteiger partial charge < -0.3 is 15.6 Å². The Morgan fingerprint density at radius 1 is 1.21 bits per heavy atom. The molecule has 0 saturated heterocycles. The number of aliphatic hydroxyl groups excluding tert-OH is 1. The number of nitrogens with two attached hydrogens (primary N) is 1. The van der Waals surface area contributed by atoms with Crippen molar-refractivity contribution in [2.24, 2.45) is 11.7 Å². The Labute approximate surface area is 114 Å². The van der Waals surface area contributed by atoms with Crippen LogP contribution in [0.15, 0.2) is 18.2 Å². The van der Waals surface area contributed by atoms with Gasteiger partial charge in [0.25, 0.3) is 0 Å². The molecule has 0 radical (unpaired) electrons. The van der Waals surface area contributed by atoms with Gasteiger partial charge in [-0.2, -0.15) is 0 Å². The van der Waals surface area contributed by atoms with Crippen molar-refractivity contribution in [3.8, 4) is 5.75 Å². The molecule has 3 nitrogen and oxygen atoms in total. The highest BCUT2D eigenvalue weighted by Crippen LogP contribution is 2.34. The lowest BCUT2D eigenvalue weighted by Gasteiger charge is -2.24. The highest BCUT2D eigenvalue weighted by atomic mass is 16.5. The maximum absolute atomic E-state index is 9.47. The fraction of sp³-hybridized carbons (Fsp3) is 0.625. The van der Waals surface area contributed by atoms with Crippen LogP contribution in [0.3, 0.4) is 0 Å². The fourth-order valence-electron chi connectivity index (χ4n) is 2.98. The molecule has 3 N–H and O–H groups in total. The number of aryl methyl sites for hydroxylation is 2. The summed E-state index contributed by atoms with van der Waals surface area (Å²) in [5.41, 5.74) is 8.99. The third kappa shape index (κ3) is 2.93. The Hall–Kier alpha value is -1.06. The second kappa shape index (κ2) is 5.51. The van der Waals surface area contributed by atoms with E-state index in [1.54, 1.807) is 0 Å². The van der Waals surface area contributed by atoms with Crippen molar-refractivity contribution >= 4 is 0 Å². The number of aliphatic hydroxyl groups is 1. The van der Waals surface area contributed by atoms with E-state index in [1.165, 1.54) is 43.2 Å². The van der Waals surface area contributed by atoms with E-state index in [1.807, 2.05) is 6.07 Å². The van der Waals surface area contributed by atoms with Crippen LogP contribution in [0, 0.1) is 5.92 Å². The van der Waals surface area contributed by atoms with Crippen LogP contribution in [0.25, 0.3) is 0 Å². The van der Waals surface area contributed by atoms with E-state index in [0.29, 0.717) is 5.92 Å². The molecule has 104 valence electrons. The number of fused-ring (bicyclic) bond motifs is 1. The van der Waals surface area contributed by atoms with Crippen LogP contribution in [0.5, 0.6) is 5.75 Å². The first kappa shape index (κ1) is 12.9. The summed E-state index contributed by atoms with van der Waals surface area (Å²) in [7, 11) is 0. The van der Waals surface area contributed by atoms with Crippen molar-refractivity contribution in [2.75, 3.05) is 6.61 Å². The Balaban J connectivity index is 1.70. The molecule has 1 aromatic carbocycles. The number of ether oxygens (including phenoxy) is 1. The zero-order chi connectivity index (χ0) is 13.2. The summed E-state index contributed by atoms with van der Waals surface area (Å²) < 4.78 is 5.92. The first-order valence-corrected chi connectivity index (χ1v) is 7.43. The molecule has 2 unspecified atom stereocenters. The maximum Gasteiger partial charge on any atom is 0.137 e. The average molecular weight is 261 g/mol. The molecular formula is C16H23NO2. The molecular weight excluding hydrogens is 238 g/mol. The van der Waals surface area contributed by atoms with Crippen molar-refractivity contribution in [1.82, 2.24) is 0 Å². The van der Waals surface area contributed by atoms with E-state index in [9.17, 15) is 5.11 Å². The highest BCUT2D eigenvalue weighted by Gasteiger charge is 2.34. The lowest BCUT2D eigenvalue weighted by Crippen LogP contribution is -2.43. The van der Waals surface area contributed by atoms with Crippen LogP contribution in [-0.4, -0.2) is 23.9 Å². The number of rotatable bonds is 5. The molecule has 0 heterocycles. The van der Waals surface area contributed by atoms with E-state index in [-0.39, 0.29) is 18.8 Å². The van der Waals surface area contributed by atoms with Crippen LogP contribution in [0.2, 0.25) is 0 Å². The fourth-order valence-corrected chi connectivity index (χ4v) is 2.98. The molecule has 1 fully saturated rings. The standard InChI is InChI=1S/C16H23NO2/c17-16(12-5-6-12)15(10-18)19-14-8-7-11-3-1-2-4-13(11)9-14/h7-9,12,15-16,18H,1-6,10,17H2. The third-order valence-corrected chi connectivity index (χ3v) is 4.38. The smallest absolute Gasteiger partial charge is 0.137 e. The predicted octanol–water partition coefficient (Wildman–Crippen LogP) is 2.04. The molecule has 3 rings (SSSR count). The normalized spacial score (nSPS) is 21.6. The van der Waals surface area contributed by atoms with E-state index in [4.69, 9.17) is 10.5 Å². The van der Waals surface area contributed by atoms with Gasteiger partial charge in [-0.25, -0.2) is 0 Å². The molecule has 2 aliphatic carbocycles. The zero-order valence-corrected chi connectivity index (χ0v) is 11.3. The SMILES string of the molecule is NC(C1CC1)C(CO)Oc1ccc2c(c1)CCCC2.